The Morgan fingerprint density at radius 2 is 1.81 bits per heavy atom. The number of benzene rings is 2. The molecule has 31 heavy (non-hydrogen) atoms. The zero-order chi connectivity index (χ0) is 21.8. The fourth-order valence-electron chi connectivity index (χ4n) is 5.05. The summed E-state index contributed by atoms with van der Waals surface area (Å²) < 4.78 is 12.9. The van der Waals surface area contributed by atoms with Gasteiger partial charge in [-0.25, -0.2) is 4.39 Å². The average Bonchev–Trinajstić information content (AvgIpc) is 3.40. The van der Waals surface area contributed by atoms with E-state index in [0.29, 0.717) is 28.7 Å². The molecule has 2 fully saturated rings. The Kier molecular flexibility index (Phi) is 6.96. The van der Waals surface area contributed by atoms with E-state index in [2.05, 4.69) is 17.6 Å². The van der Waals surface area contributed by atoms with Crippen LogP contribution in [0.25, 0.3) is 0 Å². The summed E-state index contributed by atoms with van der Waals surface area (Å²) >= 11 is 1.50. The predicted octanol–water partition coefficient (Wildman–Crippen LogP) is 5.25. The highest BCUT2D eigenvalue weighted by Crippen LogP contribution is 2.49. The lowest BCUT2D eigenvalue weighted by atomic mass is 9.84. The van der Waals surface area contributed by atoms with Gasteiger partial charge in [0.1, 0.15) is 5.82 Å². The number of amides is 2. The van der Waals surface area contributed by atoms with Crippen molar-refractivity contribution in [2.75, 3.05) is 11.1 Å². The smallest absolute Gasteiger partial charge is 0.251 e. The fourth-order valence-corrected chi connectivity index (χ4v) is 5.84. The van der Waals surface area contributed by atoms with Crippen molar-refractivity contribution < 1.29 is 14.0 Å². The van der Waals surface area contributed by atoms with Gasteiger partial charge in [-0.15, -0.1) is 11.8 Å². The molecule has 4 rings (SSSR count). The minimum atomic E-state index is -0.329. The van der Waals surface area contributed by atoms with Gasteiger partial charge in [-0.3, -0.25) is 9.59 Å². The first-order valence-electron chi connectivity index (χ1n) is 11.0. The minimum absolute atomic E-state index is 0.00634. The van der Waals surface area contributed by atoms with E-state index in [0.717, 1.165) is 17.4 Å². The average molecular weight is 441 g/mol. The van der Waals surface area contributed by atoms with Crippen molar-refractivity contribution in [3.8, 4) is 0 Å². The fraction of sp³-hybridized carbons (Fsp3) is 0.440. The number of carbonyl (C=O) groups excluding carboxylic acids is 2. The van der Waals surface area contributed by atoms with Gasteiger partial charge in [0.15, 0.2) is 0 Å². The summed E-state index contributed by atoms with van der Waals surface area (Å²) in [6.07, 6.45) is 5.30. The standard InChI is InChI=1S/C25H29FN2O2S/c1-16(23-13-18-4-7-20(23)12-18)27-25(30)19-5-2-17(3-6-19)14-31-15-24(29)28-22-10-8-21(26)9-11-22/h2-3,5-6,8-11,16,18,20,23H,4,7,12-15H2,1H3,(H,27,30)(H,28,29). The molecule has 2 aromatic carbocycles. The van der Waals surface area contributed by atoms with Gasteiger partial charge in [0, 0.05) is 23.0 Å². The predicted molar refractivity (Wildman–Crippen MR) is 123 cm³/mol. The van der Waals surface area contributed by atoms with Gasteiger partial charge in [-0.1, -0.05) is 18.6 Å². The number of halogens is 1. The Labute approximate surface area is 187 Å². The zero-order valence-corrected chi connectivity index (χ0v) is 18.6. The summed E-state index contributed by atoms with van der Waals surface area (Å²) in [7, 11) is 0. The molecular formula is C25H29FN2O2S. The highest BCUT2D eigenvalue weighted by atomic mass is 32.2. The third-order valence-corrected chi connectivity index (χ3v) is 7.64. The van der Waals surface area contributed by atoms with Gasteiger partial charge in [0.2, 0.25) is 5.91 Å². The molecule has 164 valence electrons. The van der Waals surface area contributed by atoms with E-state index in [9.17, 15) is 14.0 Å². The van der Waals surface area contributed by atoms with Crippen molar-refractivity contribution in [3.63, 3.8) is 0 Å². The molecule has 0 aliphatic heterocycles. The SMILES string of the molecule is CC(NC(=O)c1ccc(CSCC(=O)Nc2ccc(F)cc2)cc1)C1CC2CCC1C2. The van der Waals surface area contributed by atoms with Crippen LogP contribution in [-0.2, 0) is 10.5 Å². The van der Waals surface area contributed by atoms with E-state index >= 15 is 0 Å². The molecule has 2 N–H and O–H groups in total. The molecular weight excluding hydrogens is 411 g/mol. The lowest BCUT2D eigenvalue weighted by molar-refractivity contribution is -0.113. The summed E-state index contributed by atoms with van der Waals surface area (Å²) in [4.78, 5) is 24.6. The maximum Gasteiger partial charge on any atom is 0.251 e. The summed E-state index contributed by atoms with van der Waals surface area (Å²) in [5.74, 6) is 2.82. The lowest BCUT2D eigenvalue weighted by Gasteiger charge is -2.28. The van der Waals surface area contributed by atoms with E-state index in [4.69, 9.17) is 0 Å². The lowest BCUT2D eigenvalue weighted by Crippen LogP contribution is -2.40. The van der Waals surface area contributed by atoms with Crippen LogP contribution >= 0.6 is 11.8 Å². The number of hydrogen-bond donors (Lipinski definition) is 2. The maximum atomic E-state index is 12.9. The second-order valence-electron chi connectivity index (χ2n) is 8.85. The molecule has 0 spiro atoms. The van der Waals surface area contributed by atoms with Crippen LogP contribution in [0, 0.1) is 23.6 Å². The van der Waals surface area contributed by atoms with Crippen LogP contribution in [0.3, 0.4) is 0 Å². The van der Waals surface area contributed by atoms with E-state index < -0.39 is 0 Å². The Hall–Kier alpha value is -2.34. The summed E-state index contributed by atoms with van der Waals surface area (Å²) in [6, 6.07) is 13.5. The van der Waals surface area contributed by atoms with Crippen LogP contribution in [0.4, 0.5) is 10.1 Å². The molecule has 2 aliphatic carbocycles. The summed E-state index contributed by atoms with van der Waals surface area (Å²) in [5.41, 5.74) is 2.33. The number of rotatable bonds is 8. The third kappa shape index (κ3) is 5.67. The molecule has 2 saturated carbocycles. The van der Waals surface area contributed by atoms with Crippen molar-refractivity contribution in [1.82, 2.24) is 5.32 Å². The molecule has 4 nitrogen and oxygen atoms in total. The largest absolute Gasteiger partial charge is 0.349 e. The van der Waals surface area contributed by atoms with Crippen molar-refractivity contribution in [1.29, 1.82) is 0 Å². The maximum absolute atomic E-state index is 12.9. The van der Waals surface area contributed by atoms with Crippen molar-refractivity contribution in [2.24, 2.45) is 17.8 Å². The number of thioether (sulfide) groups is 1. The molecule has 2 aliphatic rings. The second kappa shape index (κ2) is 9.86. The molecule has 0 radical (unpaired) electrons. The number of anilines is 1. The monoisotopic (exact) mass is 440 g/mol. The van der Waals surface area contributed by atoms with Gasteiger partial charge in [0.25, 0.3) is 5.91 Å². The topological polar surface area (TPSA) is 58.2 Å². The Morgan fingerprint density at radius 3 is 2.45 bits per heavy atom. The summed E-state index contributed by atoms with van der Waals surface area (Å²) in [5, 5.41) is 5.96. The number of carbonyl (C=O) groups is 2. The van der Waals surface area contributed by atoms with Crippen LogP contribution in [0.5, 0.6) is 0 Å². The molecule has 6 heteroatoms. The Morgan fingerprint density at radius 1 is 1.06 bits per heavy atom. The molecule has 0 saturated heterocycles. The first-order chi connectivity index (χ1) is 15.0. The molecule has 0 aromatic heterocycles. The first kappa shape index (κ1) is 21.9. The number of nitrogens with one attached hydrogen (secondary N) is 2. The van der Waals surface area contributed by atoms with E-state index in [1.807, 2.05) is 24.3 Å². The van der Waals surface area contributed by atoms with Gasteiger partial charge in [0.05, 0.1) is 5.75 Å². The van der Waals surface area contributed by atoms with Crippen molar-refractivity contribution in [3.05, 3.63) is 65.5 Å². The van der Waals surface area contributed by atoms with E-state index in [1.54, 1.807) is 12.1 Å². The number of hydrogen-bond acceptors (Lipinski definition) is 3. The van der Waals surface area contributed by atoms with Crippen molar-refractivity contribution in [2.45, 2.75) is 44.4 Å². The van der Waals surface area contributed by atoms with Crippen LogP contribution < -0.4 is 10.6 Å². The van der Waals surface area contributed by atoms with Crippen LogP contribution in [0.2, 0.25) is 0 Å². The molecule has 2 amide bonds. The van der Waals surface area contributed by atoms with Crippen LogP contribution in [0.1, 0.15) is 48.5 Å². The second-order valence-corrected chi connectivity index (χ2v) is 9.83. The van der Waals surface area contributed by atoms with Crippen LogP contribution in [-0.4, -0.2) is 23.6 Å². The number of fused-ring (bicyclic) bond motifs is 2. The highest BCUT2D eigenvalue weighted by Gasteiger charge is 2.42. The van der Waals surface area contributed by atoms with E-state index in [-0.39, 0.29) is 23.7 Å². The molecule has 0 heterocycles. The van der Waals surface area contributed by atoms with Gasteiger partial charge in [-0.2, -0.15) is 0 Å². The first-order valence-corrected chi connectivity index (χ1v) is 12.2. The third-order valence-electron chi connectivity index (χ3n) is 6.64. The summed E-state index contributed by atoms with van der Waals surface area (Å²) in [6.45, 7) is 2.14. The molecule has 4 atom stereocenters. The van der Waals surface area contributed by atoms with Crippen LogP contribution in [0.15, 0.2) is 48.5 Å². The Bertz CT molecular complexity index is 916. The zero-order valence-electron chi connectivity index (χ0n) is 17.8. The molecule has 4 unspecified atom stereocenters. The van der Waals surface area contributed by atoms with E-state index in [1.165, 1.54) is 49.6 Å². The van der Waals surface area contributed by atoms with Crippen molar-refractivity contribution >= 4 is 29.3 Å². The minimum Gasteiger partial charge on any atom is -0.349 e. The highest BCUT2D eigenvalue weighted by molar-refractivity contribution is 7.99. The van der Waals surface area contributed by atoms with Gasteiger partial charge >= 0.3 is 0 Å². The normalized spacial score (nSPS) is 22.8. The van der Waals surface area contributed by atoms with Gasteiger partial charge < -0.3 is 10.6 Å². The quantitative estimate of drug-likeness (QED) is 0.589. The van der Waals surface area contributed by atoms with Gasteiger partial charge in [-0.05, 0) is 85.9 Å². The Balaban J connectivity index is 1.20. The molecule has 2 aromatic rings. The molecule has 2 bridgehead atoms.